The maximum atomic E-state index is 14.3. The molecule has 0 amide bonds. The van der Waals surface area contributed by atoms with Gasteiger partial charge >= 0.3 is 21.7 Å². The first kappa shape index (κ1) is 58.4. The molecule has 0 aliphatic heterocycles. The van der Waals surface area contributed by atoms with Gasteiger partial charge in [-0.3, -0.25) is 12.2 Å². The second kappa shape index (κ2) is 33.9. The summed E-state index contributed by atoms with van der Waals surface area (Å²) in [6, 6.07) is 10.2. The zero-order valence-corrected chi connectivity index (χ0v) is 41.5. The summed E-state index contributed by atoms with van der Waals surface area (Å²) in [6.07, 6.45) is 36.2. The predicted octanol–water partition coefficient (Wildman–Crippen LogP) is 16.6. The Morgan fingerprint density at radius 2 is 0.934 bits per heavy atom. The van der Waals surface area contributed by atoms with Crippen LogP contribution in [0.25, 0.3) is 0 Å². The van der Waals surface area contributed by atoms with Crippen LogP contribution in [0.15, 0.2) is 60.7 Å². The molecule has 0 bridgehead atoms. The maximum Gasteiger partial charge on any atom is 4.00 e. The number of hydrogen-bond donors (Lipinski definition) is 0. The van der Waals surface area contributed by atoms with Crippen molar-refractivity contribution in [2.24, 2.45) is 22.7 Å². The monoisotopic (exact) mass is 883 g/mol. The fourth-order valence-corrected chi connectivity index (χ4v) is 7.92. The molecule has 2 aliphatic rings. The molecule has 0 heterocycles. The Hall–Kier alpha value is -2.57. The minimum atomic E-state index is -0.636. The summed E-state index contributed by atoms with van der Waals surface area (Å²) in [5.41, 5.74) is 1.16. The molecule has 0 saturated heterocycles. The SMILES string of the molecule is CCCCC(CC)CCN(CC(C)(C)CCC)c1ccc(F)[c-]c1F.CCCCC(CC)CCN(CC(C)(C)CCC)c1ccc(F)[c-]c1F.[C-]1=CC=CC1.[C-]1=CC=CC1.[Ti+4]. The van der Waals surface area contributed by atoms with Gasteiger partial charge in [-0.25, -0.2) is 41.9 Å². The molecule has 0 radical (unpaired) electrons. The van der Waals surface area contributed by atoms with Gasteiger partial charge in [0.05, 0.1) is 0 Å². The molecule has 0 fully saturated rings. The Morgan fingerprint density at radius 1 is 0.557 bits per heavy atom. The number of hydrogen-bond acceptors (Lipinski definition) is 2. The fourth-order valence-electron chi connectivity index (χ4n) is 7.92. The smallest absolute Gasteiger partial charge is 0.421 e. The second-order valence-electron chi connectivity index (χ2n) is 18.1. The van der Waals surface area contributed by atoms with E-state index in [0.717, 1.165) is 90.4 Å². The van der Waals surface area contributed by atoms with Crippen LogP contribution >= 0.6 is 0 Å². The van der Waals surface area contributed by atoms with Crippen molar-refractivity contribution in [3.8, 4) is 0 Å². The predicted molar refractivity (Wildman–Crippen MR) is 251 cm³/mol. The molecule has 340 valence electrons. The molecular formula is C54H82F4N2Ti. The van der Waals surface area contributed by atoms with Crippen molar-refractivity contribution in [3.05, 3.63) is 108 Å². The number of halogens is 4. The molecule has 2 nitrogen and oxygen atoms in total. The number of allylic oxidation sites excluding steroid dienone is 8. The summed E-state index contributed by atoms with van der Waals surface area (Å²) in [5.74, 6) is -1.08. The van der Waals surface area contributed by atoms with Gasteiger partial charge in [-0.1, -0.05) is 133 Å². The van der Waals surface area contributed by atoms with E-state index in [1.807, 2.05) is 24.3 Å². The van der Waals surface area contributed by atoms with E-state index >= 15 is 0 Å². The van der Waals surface area contributed by atoms with Gasteiger partial charge < -0.3 is 9.80 Å². The quantitative estimate of drug-likeness (QED) is 0.0589. The van der Waals surface area contributed by atoms with Crippen molar-refractivity contribution in [2.75, 3.05) is 36.0 Å². The Labute approximate surface area is 387 Å². The molecule has 0 saturated carbocycles. The summed E-state index contributed by atoms with van der Waals surface area (Å²) in [7, 11) is 0. The van der Waals surface area contributed by atoms with Gasteiger partial charge in [0.2, 0.25) is 0 Å². The first-order chi connectivity index (χ1) is 28.6. The van der Waals surface area contributed by atoms with E-state index in [1.54, 1.807) is 12.1 Å². The number of rotatable bonds is 24. The molecule has 61 heavy (non-hydrogen) atoms. The topological polar surface area (TPSA) is 6.48 Å². The zero-order chi connectivity index (χ0) is 44.8. The van der Waals surface area contributed by atoms with Crippen molar-refractivity contribution >= 4 is 11.4 Å². The largest absolute Gasteiger partial charge is 4.00 e. The molecular weight excluding hydrogens is 800 g/mol. The van der Waals surface area contributed by atoms with E-state index in [0.29, 0.717) is 23.2 Å². The molecule has 0 aromatic heterocycles. The third-order valence-electron chi connectivity index (χ3n) is 11.3. The number of nitrogens with zero attached hydrogens (tertiary/aromatic N) is 2. The number of anilines is 2. The van der Waals surface area contributed by atoms with Crippen molar-refractivity contribution in [1.29, 1.82) is 0 Å². The van der Waals surface area contributed by atoms with Crippen molar-refractivity contribution in [1.82, 2.24) is 0 Å². The normalized spacial score (nSPS) is 13.6. The first-order valence-electron chi connectivity index (χ1n) is 23.3. The Balaban J connectivity index is 0.000000940. The second-order valence-corrected chi connectivity index (χ2v) is 18.1. The van der Waals surface area contributed by atoms with Crippen LogP contribution in [0.3, 0.4) is 0 Å². The van der Waals surface area contributed by atoms with Crippen LogP contribution in [0.1, 0.15) is 172 Å². The van der Waals surface area contributed by atoms with E-state index in [2.05, 4.69) is 115 Å². The summed E-state index contributed by atoms with van der Waals surface area (Å²) >= 11 is 0. The third-order valence-corrected chi connectivity index (χ3v) is 11.3. The van der Waals surface area contributed by atoms with E-state index in [4.69, 9.17) is 0 Å². The van der Waals surface area contributed by atoms with E-state index < -0.39 is 23.3 Å². The summed E-state index contributed by atoms with van der Waals surface area (Å²) < 4.78 is 55.2. The average Bonchev–Trinajstić information content (AvgIpc) is 3.99. The molecule has 2 unspecified atom stereocenters. The van der Waals surface area contributed by atoms with Crippen LogP contribution in [-0.4, -0.2) is 26.2 Å². The van der Waals surface area contributed by atoms with Gasteiger partial charge in [-0.05, 0) is 59.7 Å². The van der Waals surface area contributed by atoms with Gasteiger partial charge in [0.25, 0.3) is 0 Å². The Bertz CT molecular complexity index is 1400. The summed E-state index contributed by atoms with van der Waals surface area (Å²) in [5, 5.41) is 0. The maximum absolute atomic E-state index is 14.3. The summed E-state index contributed by atoms with van der Waals surface area (Å²) in [6.45, 7) is 25.3. The molecule has 0 N–H and O–H groups in total. The van der Waals surface area contributed by atoms with Gasteiger partial charge in [0.15, 0.2) is 0 Å². The van der Waals surface area contributed by atoms with Crippen molar-refractivity contribution in [2.45, 2.75) is 172 Å². The van der Waals surface area contributed by atoms with Crippen LogP contribution < -0.4 is 9.80 Å². The number of unbranched alkanes of at least 4 members (excludes halogenated alkanes) is 2. The fraction of sp³-hybridized carbons (Fsp3) is 0.630. The molecule has 2 aliphatic carbocycles. The van der Waals surface area contributed by atoms with Crippen molar-refractivity contribution in [3.63, 3.8) is 0 Å². The molecule has 2 aromatic rings. The standard InChI is InChI=1S/2C22H36F2N.2C5H5.Ti/c2*1-6-9-10-18(8-3)13-15-25(17-22(4,5)14-7-2)21-12-11-19(23)16-20(21)24;2*1-2-4-5-3-1;/h2*11-12,18H,6-10,13-15,17H2,1-5H3;2*1-3H,4H2;/q4*-1;+4. The van der Waals surface area contributed by atoms with Crippen LogP contribution in [-0.2, 0) is 21.7 Å². The van der Waals surface area contributed by atoms with E-state index in [1.165, 1.54) is 50.7 Å². The minimum absolute atomic E-state index is 0. The average molecular weight is 883 g/mol. The van der Waals surface area contributed by atoms with E-state index in [-0.39, 0.29) is 32.5 Å². The Kier molecular flexibility index (Phi) is 32.5. The first-order valence-corrected chi connectivity index (χ1v) is 23.3. The van der Waals surface area contributed by atoms with Crippen LogP contribution in [0.4, 0.5) is 28.9 Å². The zero-order valence-electron chi connectivity index (χ0n) is 40.0. The van der Waals surface area contributed by atoms with E-state index in [9.17, 15) is 17.6 Å². The van der Waals surface area contributed by atoms with Crippen LogP contribution in [0, 0.1) is 70.2 Å². The van der Waals surface area contributed by atoms with Crippen LogP contribution in [0.2, 0.25) is 0 Å². The molecule has 0 spiro atoms. The third kappa shape index (κ3) is 26.6. The van der Waals surface area contributed by atoms with Gasteiger partial charge in [-0.15, -0.1) is 49.2 Å². The molecule has 2 atom stereocenters. The molecule has 7 heteroatoms. The minimum Gasteiger partial charge on any atom is -0.421 e. The van der Waals surface area contributed by atoms with Crippen molar-refractivity contribution < 1.29 is 39.3 Å². The van der Waals surface area contributed by atoms with Gasteiger partial charge in [-0.2, -0.15) is 12.2 Å². The van der Waals surface area contributed by atoms with Gasteiger partial charge in [0.1, 0.15) is 0 Å². The number of benzene rings is 2. The summed E-state index contributed by atoms with van der Waals surface area (Å²) in [4.78, 5) is 4.21. The molecule has 4 rings (SSSR count). The molecule has 2 aromatic carbocycles. The Morgan fingerprint density at radius 3 is 1.18 bits per heavy atom. The van der Waals surface area contributed by atoms with Gasteiger partial charge in [0, 0.05) is 49.4 Å². The van der Waals surface area contributed by atoms with Crippen LogP contribution in [0.5, 0.6) is 0 Å².